The minimum atomic E-state index is -4.61. The van der Waals surface area contributed by atoms with E-state index >= 15 is 0 Å². The first-order valence-corrected chi connectivity index (χ1v) is 11.4. The average molecular weight is 500 g/mol. The number of carbonyl (C=O) groups excluding carboxylic acids is 2. The molecule has 2 aliphatic rings. The number of aromatic amines is 1. The monoisotopic (exact) mass is 499 g/mol. The molecule has 3 atom stereocenters. The summed E-state index contributed by atoms with van der Waals surface area (Å²) >= 11 is 1.84. The number of β-lactam (4-membered cyclic amide) rings is 1. The quantitative estimate of drug-likeness (QED) is 0.272. The molecule has 1 aromatic heterocycles. The van der Waals surface area contributed by atoms with Crippen LogP contribution in [0.1, 0.15) is 6.92 Å². The highest BCUT2D eigenvalue weighted by Gasteiger charge is 2.66. The highest BCUT2D eigenvalue weighted by molar-refractivity contribution is 8.01. The number of thioether (sulfide) groups is 3. The fourth-order valence-corrected chi connectivity index (χ4v) is 6.05. The van der Waals surface area contributed by atoms with E-state index in [0.29, 0.717) is 10.6 Å². The second-order valence-electron chi connectivity index (χ2n) is 6.31. The number of rotatable bonds is 8. The Balaban J connectivity index is 1.81. The van der Waals surface area contributed by atoms with Gasteiger partial charge in [0.1, 0.15) is 16.1 Å². The zero-order chi connectivity index (χ0) is 23.0. The Kier molecular flexibility index (Phi) is 6.83. The van der Waals surface area contributed by atoms with E-state index in [1.54, 1.807) is 6.92 Å². The van der Waals surface area contributed by atoms with Gasteiger partial charge in [-0.05, 0) is 24.3 Å². The van der Waals surface area contributed by atoms with Crippen LogP contribution in [0.15, 0.2) is 22.5 Å². The molecule has 10 nitrogen and oxygen atoms in total. The number of amides is 2. The molecule has 16 heteroatoms. The number of aromatic nitrogens is 3. The SMILES string of the molecule is CO[C@@]1(NC(=O)CSC(F)(F)F)C(=O)N2C(C(=O)O)=C(C(C)Sc3cn[nH]n3)CS[C@H]21. The molecular weight excluding hydrogens is 483 g/mol. The second-order valence-corrected chi connectivity index (χ2v) is 9.78. The van der Waals surface area contributed by atoms with Crippen molar-refractivity contribution in [3.8, 4) is 0 Å². The van der Waals surface area contributed by atoms with Gasteiger partial charge in [0.15, 0.2) is 0 Å². The number of aliphatic carboxylic acids is 1. The lowest BCUT2D eigenvalue weighted by molar-refractivity contribution is -0.192. The highest BCUT2D eigenvalue weighted by Crippen LogP contribution is 2.48. The van der Waals surface area contributed by atoms with Crippen molar-refractivity contribution in [1.82, 2.24) is 25.6 Å². The largest absolute Gasteiger partial charge is 0.477 e. The minimum absolute atomic E-state index is 0.195. The van der Waals surface area contributed by atoms with Crippen LogP contribution in [0.2, 0.25) is 0 Å². The number of alkyl halides is 3. The number of carboxylic acids is 1. The molecule has 3 rings (SSSR count). The van der Waals surface area contributed by atoms with Gasteiger partial charge < -0.3 is 15.2 Å². The van der Waals surface area contributed by atoms with Crippen LogP contribution < -0.4 is 5.32 Å². The lowest BCUT2D eigenvalue weighted by Gasteiger charge is -2.56. The standard InChI is InChI=1S/C15H16F3N5O5S3/c1-6(31-9-3-19-22-21-9)7-4-29-13-14(28-2,12(27)23(13)10(7)11(25)26)20-8(24)5-30-15(16,17)18/h3,6,13H,4-5H2,1-2H3,(H,20,24)(H,25,26)(H,19,21,22)/t6?,13-,14-/m0/s1. The van der Waals surface area contributed by atoms with Crippen LogP contribution in [0.5, 0.6) is 0 Å². The number of carboxylic acid groups (broad SMARTS) is 1. The Morgan fingerprint density at radius 3 is 2.81 bits per heavy atom. The molecule has 0 aliphatic carbocycles. The van der Waals surface area contributed by atoms with Gasteiger partial charge >= 0.3 is 11.5 Å². The molecule has 0 bridgehead atoms. The number of ether oxygens (including phenoxy) is 1. The Morgan fingerprint density at radius 1 is 1.55 bits per heavy atom. The number of halogens is 3. The molecule has 3 N–H and O–H groups in total. The molecule has 2 aliphatic heterocycles. The van der Waals surface area contributed by atoms with Crippen LogP contribution in [0.4, 0.5) is 13.2 Å². The third-order valence-electron chi connectivity index (χ3n) is 4.46. The van der Waals surface area contributed by atoms with Crippen molar-refractivity contribution in [2.45, 2.75) is 33.8 Å². The molecule has 0 aromatic carbocycles. The van der Waals surface area contributed by atoms with Crippen molar-refractivity contribution in [3.63, 3.8) is 0 Å². The van der Waals surface area contributed by atoms with Crippen LogP contribution in [0.3, 0.4) is 0 Å². The van der Waals surface area contributed by atoms with E-state index in [4.69, 9.17) is 4.74 Å². The van der Waals surface area contributed by atoms with Crippen LogP contribution >= 0.6 is 35.3 Å². The number of methoxy groups -OCH3 is 1. The molecule has 1 fully saturated rings. The van der Waals surface area contributed by atoms with E-state index < -0.39 is 51.9 Å². The average Bonchev–Trinajstić information content (AvgIpc) is 3.21. The maximum Gasteiger partial charge on any atom is 0.442 e. The van der Waals surface area contributed by atoms with Crippen LogP contribution in [0.25, 0.3) is 0 Å². The number of nitrogens with one attached hydrogen (secondary N) is 2. The molecule has 1 aromatic rings. The Morgan fingerprint density at radius 2 is 2.26 bits per heavy atom. The van der Waals surface area contributed by atoms with Crippen molar-refractivity contribution in [2.75, 3.05) is 18.6 Å². The fourth-order valence-electron chi connectivity index (χ4n) is 3.10. The molecule has 1 unspecified atom stereocenters. The first kappa shape index (κ1) is 23.7. The van der Waals surface area contributed by atoms with Gasteiger partial charge in [0.05, 0.1) is 11.9 Å². The maximum absolute atomic E-state index is 12.9. The summed E-state index contributed by atoms with van der Waals surface area (Å²) in [5.74, 6) is -4.03. The van der Waals surface area contributed by atoms with Gasteiger partial charge in [0.2, 0.25) is 5.91 Å². The number of nitrogens with zero attached hydrogens (tertiary/aromatic N) is 3. The summed E-state index contributed by atoms with van der Waals surface area (Å²) in [6.07, 6.45) is 1.47. The third-order valence-corrected chi connectivity index (χ3v) is 7.60. The van der Waals surface area contributed by atoms with E-state index in [9.17, 15) is 32.7 Å². The van der Waals surface area contributed by atoms with Crippen LogP contribution in [0, 0.1) is 0 Å². The highest BCUT2D eigenvalue weighted by atomic mass is 32.2. The van der Waals surface area contributed by atoms with Crippen LogP contribution in [-0.2, 0) is 19.1 Å². The smallest absolute Gasteiger partial charge is 0.442 e. The van der Waals surface area contributed by atoms with E-state index in [0.717, 1.165) is 23.8 Å². The summed E-state index contributed by atoms with van der Waals surface area (Å²) in [4.78, 5) is 37.9. The van der Waals surface area contributed by atoms with Crippen LogP contribution in [-0.4, -0.2) is 83.7 Å². The zero-order valence-electron chi connectivity index (χ0n) is 15.9. The molecular formula is C15H16F3N5O5S3. The van der Waals surface area contributed by atoms with Crippen molar-refractivity contribution < 1.29 is 37.4 Å². The van der Waals surface area contributed by atoms with Gasteiger partial charge in [-0.15, -0.1) is 16.9 Å². The third kappa shape index (κ3) is 4.65. The predicted octanol–water partition coefficient (Wildman–Crippen LogP) is 1.25. The summed E-state index contributed by atoms with van der Waals surface area (Å²) in [5, 5.41) is 21.2. The minimum Gasteiger partial charge on any atom is -0.477 e. The first-order chi connectivity index (χ1) is 14.5. The molecule has 170 valence electrons. The Labute approximate surface area is 186 Å². The molecule has 1 saturated heterocycles. The molecule has 0 radical (unpaired) electrons. The normalized spacial score (nSPS) is 24.5. The Bertz CT molecular complexity index is 913. The maximum atomic E-state index is 12.9. The van der Waals surface area contributed by atoms with Gasteiger partial charge in [-0.25, -0.2) is 4.79 Å². The number of hydrogen-bond donors (Lipinski definition) is 3. The van der Waals surface area contributed by atoms with Crippen molar-refractivity contribution >= 4 is 53.1 Å². The topological polar surface area (TPSA) is 138 Å². The van der Waals surface area contributed by atoms with E-state index in [-0.39, 0.29) is 16.7 Å². The summed E-state index contributed by atoms with van der Waals surface area (Å²) < 4.78 is 42.3. The number of hydrogen-bond acceptors (Lipinski definition) is 9. The molecule has 0 spiro atoms. The first-order valence-electron chi connectivity index (χ1n) is 8.51. The molecule has 2 amide bonds. The number of fused-ring (bicyclic) bond motifs is 1. The lowest BCUT2D eigenvalue weighted by Crippen LogP contribution is -2.80. The molecule has 31 heavy (non-hydrogen) atoms. The second kappa shape index (κ2) is 8.91. The van der Waals surface area contributed by atoms with Gasteiger partial charge in [0.25, 0.3) is 11.6 Å². The van der Waals surface area contributed by atoms with E-state index in [2.05, 4.69) is 20.7 Å². The molecule has 3 heterocycles. The number of H-pyrrole nitrogens is 1. The summed E-state index contributed by atoms with van der Waals surface area (Å²) in [6, 6.07) is 0. The zero-order valence-corrected chi connectivity index (χ0v) is 18.4. The van der Waals surface area contributed by atoms with Crippen molar-refractivity contribution in [2.24, 2.45) is 0 Å². The van der Waals surface area contributed by atoms with Gasteiger partial charge in [-0.2, -0.15) is 23.5 Å². The van der Waals surface area contributed by atoms with Gasteiger partial charge in [-0.1, -0.05) is 11.8 Å². The number of carbonyl (C=O) groups is 3. The van der Waals surface area contributed by atoms with E-state index in [1.807, 2.05) is 0 Å². The summed E-state index contributed by atoms with van der Waals surface area (Å²) in [5.41, 5.74) is -6.34. The Hall–Kier alpha value is -1.91. The summed E-state index contributed by atoms with van der Waals surface area (Å²) in [6.45, 7) is 1.75. The fraction of sp³-hybridized carbons (Fsp3) is 0.533. The summed E-state index contributed by atoms with van der Waals surface area (Å²) in [7, 11) is 1.12. The van der Waals surface area contributed by atoms with Gasteiger partial charge in [0, 0.05) is 18.1 Å². The van der Waals surface area contributed by atoms with Gasteiger partial charge in [-0.3, -0.25) is 14.5 Å². The van der Waals surface area contributed by atoms with E-state index in [1.165, 1.54) is 18.0 Å². The lowest BCUT2D eigenvalue weighted by atomic mass is 9.97. The predicted molar refractivity (Wildman–Crippen MR) is 106 cm³/mol. The van der Waals surface area contributed by atoms with Crippen molar-refractivity contribution in [3.05, 3.63) is 17.5 Å². The molecule has 0 saturated carbocycles. The van der Waals surface area contributed by atoms with Crippen molar-refractivity contribution in [1.29, 1.82) is 0 Å².